The van der Waals surface area contributed by atoms with Gasteiger partial charge in [0.2, 0.25) is 5.91 Å². The molecule has 5 heteroatoms. The van der Waals surface area contributed by atoms with Crippen LogP contribution in [0.25, 0.3) is 0 Å². The van der Waals surface area contributed by atoms with Crippen molar-refractivity contribution >= 4 is 11.8 Å². The number of rotatable bonds is 5. The van der Waals surface area contributed by atoms with Gasteiger partial charge in [0.1, 0.15) is 5.75 Å². The minimum absolute atomic E-state index is 0.0336. The highest BCUT2D eigenvalue weighted by Gasteiger charge is 2.22. The highest BCUT2D eigenvalue weighted by atomic mass is 16.3. The predicted octanol–water partition coefficient (Wildman–Crippen LogP) is 0.791. The highest BCUT2D eigenvalue weighted by molar-refractivity contribution is 5.94. The van der Waals surface area contributed by atoms with E-state index in [9.17, 15) is 14.7 Å². The lowest BCUT2D eigenvalue weighted by molar-refractivity contribution is -0.121. The SMILES string of the molecule is O=C(CCNC(=O)c1cccc(O)c1)NC1CC1. The second-order valence-corrected chi connectivity index (χ2v) is 4.40. The highest BCUT2D eigenvalue weighted by Crippen LogP contribution is 2.18. The Hall–Kier alpha value is -2.04. The summed E-state index contributed by atoms with van der Waals surface area (Å²) < 4.78 is 0. The van der Waals surface area contributed by atoms with Crippen molar-refractivity contribution in [2.45, 2.75) is 25.3 Å². The van der Waals surface area contributed by atoms with E-state index in [-0.39, 0.29) is 24.0 Å². The summed E-state index contributed by atoms with van der Waals surface area (Å²) in [6.07, 6.45) is 2.39. The summed E-state index contributed by atoms with van der Waals surface area (Å²) in [6, 6.07) is 6.45. The monoisotopic (exact) mass is 248 g/mol. The van der Waals surface area contributed by atoms with Crippen LogP contribution < -0.4 is 10.6 Å². The molecule has 1 aliphatic rings. The molecule has 1 fully saturated rings. The van der Waals surface area contributed by atoms with Crippen molar-refractivity contribution in [1.82, 2.24) is 10.6 Å². The maximum atomic E-state index is 11.7. The lowest BCUT2D eigenvalue weighted by Gasteiger charge is -2.06. The minimum atomic E-state index is -0.287. The van der Waals surface area contributed by atoms with Gasteiger partial charge in [-0.3, -0.25) is 9.59 Å². The number of hydrogen-bond donors (Lipinski definition) is 3. The maximum absolute atomic E-state index is 11.7. The summed E-state index contributed by atoms with van der Waals surface area (Å²) in [5.41, 5.74) is 0.387. The van der Waals surface area contributed by atoms with Crippen molar-refractivity contribution in [2.24, 2.45) is 0 Å². The smallest absolute Gasteiger partial charge is 0.251 e. The number of aromatic hydroxyl groups is 1. The van der Waals surface area contributed by atoms with Crippen LogP contribution in [0.4, 0.5) is 0 Å². The van der Waals surface area contributed by atoms with Gasteiger partial charge in [-0.2, -0.15) is 0 Å². The molecular formula is C13H16N2O3. The zero-order valence-corrected chi connectivity index (χ0v) is 9.98. The fraction of sp³-hybridized carbons (Fsp3) is 0.385. The van der Waals surface area contributed by atoms with Crippen LogP contribution in [0.2, 0.25) is 0 Å². The molecule has 0 aliphatic heterocycles. The predicted molar refractivity (Wildman–Crippen MR) is 66.2 cm³/mol. The maximum Gasteiger partial charge on any atom is 0.251 e. The molecule has 1 saturated carbocycles. The van der Waals surface area contributed by atoms with Crippen molar-refractivity contribution in [3.05, 3.63) is 29.8 Å². The van der Waals surface area contributed by atoms with Crippen LogP contribution in [-0.4, -0.2) is 29.5 Å². The first kappa shape index (κ1) is 12.4. The van der Waals surface area contributed by atoms with Crippen LogP contribution in [-0.2, 0) is 4.79 Å². The van der Waals surface area contributed by atoms with E-state index in [2.05, 4.69) is 10.6 Å². The van der Waals surface area contributed by atoms with E-state index < -0.39 is 0 Å². The number of carbonyl (C=O) groups is 2. The van der Waals surface area contributed by atoms with E-state index in [0.29, 0.717) is 18.2 Å². The normalized spacial score (nSPS) is 14.0. The van der Waals surface area contributed by atoms with Gasteiger partial charge in [0, 0.05) is 24.6 Å². The van der Waals surface area contributed by atoms with Gasteiger partial charge in [-0.1, -0.05) is 6.07 Å². The summed E-state index contributed by atoms with van der Waals surface area (Å²) in [4.78, 5) is 23.0. The molecule has 0 heterocycles. The molecule has 0 radical (unpaired) electrons. The van der Waals surface area contributed by atoms with E-state index in [1.165, 1.54) is 12.1 Å². The molecule has 5 nitrogen and oxygen atoms in total. The number of hydrogen-bond acceptors (Lipinski definition) is 3. The van der Waals surface area contributed by atoms with Crippen molar-refractivity contribution < 1.29 is 14.7 Å². The van der Waals surface area contributed by atoms with Gasteiger partial charge < -0.3 is 15.7 Å². The molecule has 96 valence electrons. The number of nitrogens with one attached hydrogen (secondary N) is 2. The molecular weight excluding hydrogens is 232 g/mol. The number of amides is 2. The Balaban J connectivity index is 1.72. The molecule has 2 rings (SSSR count). The van der Waals surface area contributed by atoms with Gasteiger partial charge in [0.05, 0.1) is 0 Å². The second-order valence-electron chi connectivity index (χ2n) is 4.40. The Kier molecular flexibility index (Phi) is 3.82. The van der Waals surface area contributed by atoms with Crippen LogP contribution in [0.3, 0.4) is 0 Å². The third kappa shape index (κ3) is 3.76. The molecule has 2 amide bonds. The van der Waals surface area contributed by atoms with Crippen LogP contribution in [0, 0.1) is 0 Å². The fourth-order valence-corrected chi connectivity index (χ4v) is 1.57. The molecule has 3 N–H and O–H groups in total. The third-order valence-electron chi connectivity index (χ3n) is 2.69. The zero-order valence-electron chi connectivity index (χ0n) is 9.98. The van der Waals surface area contributed by atoms with Crippen molar-refractivity contribution in [2.75, 3.05) is 6.54 Å². The van der Waals surface area contributed by atoms with Gasteiger partial charge in [-0.25, -0.2) is 0 Å². The molecule has 1 aliphatic carbocycles. The Bertz CT molecular complexity index is 455. The lowest BCUT2D eigenvalue weighted by Crippen LogP contribution is -2.31. The van der Waals surface area contributed by atoms with E-state index >= 15 is 0 Å². The summed E-state index contributed by atoms with van der Waals surface area (Å²) >= 11 is 0. The minimum Gasteiger partial charge on any atom is -0.508 e. The van der Waals surface area contributed by atoms with Crippen molar-refractivity contribution in [1.29, 1.82) is 0 Å². The molecule has 0 aromatic heterocycles. The Morgan fingerprint density at radius 1 is 1.33 bits per heavy atom. The molecule has 1 aromatic rings. The van der Waals surface area contributed by atoms with E-state index in [0.717, 1.165) is 12.8 Å². The van der Waals surface area contributed by atoms with Gasteiger partial charge >= 0.3 is 0 Å². The Morgan fingerprint density at radius 3 is 2.78 bits per heavy atom. The average Bonchev–Trinajstić information content (AvgIpc) is 3.12. The molecule has 1 aromatic carbocycles. The van der Waals surface area contributed by atoms with Crippen molar-refractivity contribution in [3.63, 3.8) is 0 Å². The first-order valence-electron chi connectivity index (χ1n) is 6.02. The van der Waals surface area contributed by atoms with Gasteiger partial charge in [-0.15, -0.1) is 0 Å². The lowest BCUT2D eigenvalue weighted by atomic mass is 10.2. The molecule has 0 saturated heterocycles. The van der Waals surface area contributed by atoms with Gasteiger partial charge in [0.25, 0.3) is 5.91 Å². The number of phenolic OH excluding ortho intramolecular Hbond substituents is 1. The average molecular weight is 248 g/mol. The first-order chi connectivity index (χ1) is 8.65. The summed E-state index contributed by atoms with van der Waals surface area (Å²) in [7, 11) is 0. The van der Waals surface area contributed by atoms with Crippen LogP contribution in [0.15, 0.2) is 24.3 Å². The molecule has 0 bridgehead atoms. The quantitative estimate of drug-likeness (QED) is 0.721. The largest absolute Gasteiger partial charge is 0.508 e. The molecule has 0 atom stereocenters. The first-order valence-corrected chi connectivity index (χ1v) is 6.02. The molecule has 0 unspecified atom stereocenters. The molecule has 0 spiro atoms. The Morgan fingerprint density at radius 2 is 2.11 bits per heavy atom. The fourth-order valence-electron chi connectivity index (χ4n) is 1.57. The number of phenols is 1. The topological polar surface area (TPSA) is 78.4 Å². The van der Waals surface area contributed by atoms with E-state index in [4.69, 9.17) is 0 Å². The Labute approximate surface area is 105 Å². The standard InChI is InChI=1S/C13H16N2O3/c16-11-3-1-2-9(8-11)13(18)14-7-6-12(17)15-10-4-5-10/h1-3,8,10,16H,4-7H2,(H,14,18)(H,15,17). The van der Waals surface area contributed by atoms with Crippen molar-refractivity contribution in [3.8, 4) is 5.75 Å². The summed E-state index contributed by atoms with van der Waals surface area (Å²) in [5.74, 6) is -0.270. The van der Waals surface area contributed by atoms with E-state index in [1.54, 1.807) is 12.1 Å². The number of carbonyl (C=O) groups excluding carboxylic acids is 2. The third-order valence-corrected chi connectivity index (χ3v) is 2.69. The zero-order chi connectivity index (χ0) is 13.0. The van der Waals surface area contributed by atoms with E-state index in [1.807, 2.05) is 0 Å². The van der Waals surface area contributed by atoms with Gasteiger partial charge in [-0.05, 0) is 31.0 Å². The van der Waals surface area contributed by atoms with Crippen LogP contribution >= 0.6 is 0 Å². The number of benzene rings is 1. The summed E-state index contributed by atoms with van der Waals surface area (Å²) in [5, 5.41) is 14.7. The summed E-state index contributed by atoms with van der Waals surface area (Å²) in [6.45, 7) is 0.299. The molecule has 18 heavy (non-hydrogen) atoms. The van der Waals surface area contributed by atoms with Crippen LogP contribution in [0.1, 0.15) is 29.6 Å². The second kappa shape index (κ2) is 5.53. The van der Waals surface area contributed by atoms with Crippen LogP contribution in [0.5, 0.6) is 5.75 Å². The van der Waals surface area contributed by atoms with Gasteiger partial charge in [0.15, 0.2) is 0 Å².